The Kier molecular flexibility index (Phi) is 7.52. The molecule has 2 heterocycles. The van der Waals surface area contributed by atoms with Crippen molar-refractivity contribution in [3.8, 4) is 11.5 Å². The molecule has 0 bridgehead atoms. The van der Waals surface area contributed by atoms with E-state index in [9.17, 15) is 0 Å². The highest BCUT2D eigenvalue weighted by Gasteiger charge is 2.48. The summed E-state index contributed by atoms with van der Waals surface area (Å²) in [6, 6.07) is 9.59. The van der Waals surface area contributed by atoms with E-state index in [-0.39, 0.29) is 26.4 Å². The van der Waals surface area contributed by atoms with Gasteiger partial charge in [0.25, 0.3) is 0 Å². The fraction of sp³-hybridized carbons (Fsp3) is 0.294. The van der Waals surface area contributed by atoms with Gasteiger partial charge in [-0.2, -0.15) is 0 Å². The largest absolute Gasteiger partial charge is 0.423 e. The summed E-state index contributed by atoms with van der Waals surface area (Å²) in [6.07, 6.45) is 0. The molecule has 0 N–H and O–H groups in total. The summed E-state index contributed by atoms with van der Waals surface area (Å²) in [5.74, 6) is 0.676. The molecule has 0 amide bonds. The van der Waals surface area contributed by atoms with Crippen LogP contribution in [-0.4, -0.2) is 26.4 Å². The highest BCUT2D eigenvalue weighted by molar-refractivity contribution is 8.08. The van der Waals surface area contributed by atoms with E-state index in [0.29, 0.717) is 31.6 Å². The van der Waals surface area contributed by atoms with Crippen LogP contribution in [0.3, 0.4) is 0 Å². The Morgan fingerprint density at radius 1 is 0.677 bits per heavy atom. The zero-order chi connectivity index (χ0) is 22.3. The van der Waals surface area contributed by atoms with Crippen LogP contribution < -0.4 is 9.05 Å². The molecule has 4 rings (SSSR count). The third-order valence-electron chi connectivity index (χ3n) is 4.32. The first-order valence-electron chi connectivity index (χ1n) is 8.67. The van der Waals surface area contributed by atoms with Crippen molar-refractivity contribution >= 4 is 83.5 Å². The molecule has 2 aromatic carbocycles. The van der Waals surface area contributed by atoms with Crippen LogP contribution in [0.25, 0.3) is 0 Å². The van der Waals surface area contributed by atoms with Gasteiger partial charge in [-0.1, -0.05) is 46.4 Å². The molecule has 0 aromatic heterocycles. The van der Waals surface area contributed by atoms with Gasteiger partial charge >= 0.3 is 13.4 Å². The van der Waals surface area contributed by atoms with Gasteiger partial charge in [-0.05, 0) is 36.4 Å². The zero-order valence-corrected chi connectivity index (χ0v) is 21.9. The van der Waals surface area contributed by atoms with Crippen LogP contribution in [0.1, 0.15) is 0 Å². The van der Waals surface area contributed by atoms with Crippen LogP contribution in [0.15, 0.2) is 36.4 Å². The predicted octanol–water partition coefficient (Wildman–Crippen LogP) is 7.29. The lowest BCUT2D eigenvalue weighted by Gasteiger charge is -2.43. The predicted molar refractivity (Wildman–Crippen MR) is 129 cm³/mol. The minimum absolute atomic E-state index is 0.201. The summed E-state index contributed by atoms with van der Waals surface area (Å²) in [5, 5.41) is 1.58. The van der Waals surface area contributed by atoms with Crippen LogP contribution >= 0.6 is 59.8 Å². The second kappa shape index (κ2) is 9.53. The molecular weight excluding hydrogens is 568 g/mol. The number of rotatable bonds is 4. The van der Waals surface area contributed by atoms with Gasteiger partial charge < -0.3 is 9.05 Å². The van der Waals surface area contributed by atoms with Gasteiger partial charge in [0.05, 0.1) is 41.9 Å². The fourth-order valence-electron chi connectivity index (χ4n) is 2.63. The fourth-order valence-corrected chi connectivity index (χ4v) is 7.64. The molecule has 168 valence electrons. The van der Waals surface area contributed by atoms with Gasteiger partial charge in [0.2, 0.25) is 0 Å². The van der Waals surface area contributed by atoms with E-state index >= 15 is 0 Å². The monoisotopic (exact) mass is 580 g/mol. The molecular formula is C17H14Cl4O6P2S2. The summed E-state index contributed by atoms with van der Waals surface area (Å²) < 4.78 is 34.7. The smallest absolute Gasteiger partial charge is 0.380 e. The molecule has 14 heteroatoms. The van der Waals surface area contributed by atoms with Crippen molar-refractivity contribution in [2.75, 3.05) is 26.4 Å². The first-order valence-corrected chi connectivity index (χ1v) is 15.3. The minimum Gasteiger partial charge on any atom is -0.423 e. The Balaban J connectivity index is 1.36. The number of hydrogen-bond acceptors (Lipinski definition) is 8. The summed E-state index contributed by atoms with van der Waals surface area (Å²) >= 11 is 35.0. The van der Waals surface area contributed by atoms with Crippen molar-refractivity contribution in [2.45, 2.75) is 0 Å². The number of halogens is 4. The van der Waals surface area contributed by atoms with E-state index in [0.717, 1.165) is 0 Å². The molecule has 2 aliphatic rings. The van der Waals surface area contributed by atoms with Crippen LogP contribution in [-0.2, 0) is 41.7 Å². The van der Waals surface area contributed by atoms with Crippen molar-refractivity contribution in [1.82, 2.24) is 0 Å². The van der Waals surface area contributed by atoms with Crippen LogP contribution in [0.4, 0.5) is 0 Å². The molecule has 2 aromatic rings. The van der Waals surface area contributed by atoms with Crippen LogP contribution in [0.2, 0.25) is 20.1 Å². The maximum absolute atomic E-state index is 6.14. The highest BCUT2D eigenvalue weighted by atomic mass is 35.5. The van der Waals surface area contributed by atoms with Gasteiger partial charge in [-0.25, -0.2) is 0 Å². The summed E-state index contributed by atoms with van der Waals surface area (Å²) in [6.45, 7) is -5.30. The third kappa shape index (κ3) is 5.89. The van der Waals surface area contributed by atoms with Crippen molar-refractivity contribution in [3.63, 3.8) is 0 Å². The quantitative estimate of drug-likeness (QED) is 0.349. The zero-order valence-electron chi connectivity index (χ0n) is 15.5. The van der Waals surface area contributed by atoms with E-state index < -0.39 is 18.9 Å². The normalized spacial score (nSPS) is 30.8. The molecule has 0 radical (unpaired) electrons. The summed E-state index contributed by atoms with van der Waals surface area (Å²) in [4.78, 5) is 0. The molecule has 6 nitrogen and oxygen atoms in total. The molecule has 0 atom stereocenters. The van der Waals surface area contributed by atoms with E-state index in [1.165, 1.54) is 0 Å². The first kappa shape index (κ1) is 24.5. The van der Waals surface area contributed by atoms with Gasteiger partial charge in [0.15, 0.2) is 0 Å². The van der Waals surface area contributed by atoms with Crippen LogP contribution in [0, 0.1) is 5.41 Å². The third-order valence-corrected chi connectivity index (χ3v) is 9.72. The second-order valence-corrected chi connectivity index (χ2v) is 14.4. The van der Waals surface area contributed by atoms with Crippen LogP contribution in [0.5, 0.6) is 11.5 Å². The minimum atomic E-state index is -3.05. The molecule has 0 saturated carbocycles. The van der Waals surface area contributed by atoms with E-state index in [1.807, 2.05) is 0 Å². The Labute approximate surface area is 209 Å². The standard InChI is InChI=1S/C17H14Cl4O6P2S2/c18-11-1-3-15(13(20)5-11)26-28(30)22-7-17(8-23-28)9-24-29(31,25-10-17)27-16-4-2-12(19)6-14(16)21/h1-6H,7-10H2. The molecule has 2 saturated heterocycles. The maximum Gasteiger partial charge on any atom is 0.380 e. The Morgan fingerprint density at radius 2 is 1.03 bits per heavy atom. The average Bonchev–Trinajstić information content (AvgIpc) is 2.72. The van der Waals surface area contributed by atoms with Crippen molar-refractivity contribution in [2.24, 2.45) is 5.41 Å². The molecule has 2 aliphatic heterocycles. The lowest BCUT2D eigenvalue weighted by molar-refractivity contribution is -0.0689. The molecule has 0 aliphatic carbocycles. The van der Waals surface area contributed by atoms with Gasteiger partial charge in [0.1, 0.15) is 11.5 Å². The van der Waals surface area contributed by atoms with E-state index in [2.05, 4.69) is 0 Å². The Hall–Kier alpha value is 0.340. The lowest BCUT2D eigenvalue weighted by Crippen LogP contribution is -2.46. The van der Waals surface area contributed by atoms with Crippen molar-refractivity contribution in [1.29, 1.82) is 0 Å². The SMILES string of the molecule is S=P1(Oc2ccc(Cl)cc2Cl)OCC2(CO1)COP(=S)(Oc1ccc(Cl)cc1Cl)OC2. The Bertz CT molecular complexity index is 991. The summed E-state index contributed by atoms with van der Waals surface area (Å²) in [7, 11) is 0. The average molecular weight is 582 g/mol. The van der Waals surface area contributed by atoms with E-state index in [4.69, 9.17) is 97.2 Å². The topological polar surface area (TPSA) is 55.4 Å². The molecule has 0 unspecified atom stereocenters. The maximum atomic E-state index is 6.14. The van der Waals surface area contributed by atoms with E-state index in [1.54, 1.807) is 36.4 Å². The van der Waals surface area contributed by atoms with Gasteiger partial charge in [-0.3, -0.25) is 18.1 Å². The molecule has 31 heavy (non-hydrogen) atoms. The Morgan fingerprint density at radius 3 is 1.35 bits per heavy atom. The second-order valence-electron chi connectivity index (χ2n) is 6.82. The number of benzene rings is 2. The number of hydrogen-bond donors (Lipinski definition) is 0. The van der Waals surface area contributed by atoms with Gasteiger partial charge in [-0.15, -0.1) is 0 Å². The lowest BCUT2D eigenvalue weighted by atomic mass is 9.93. The highest BCUT2D eigenvalue weighted by Crippen LogP contribution is 2.60. The summed E-state index contributed by atoms with van der Waals surface area (Å²) in [5.41, 5.74) is -0.592. The molecule has 1 spiro atoms. The van der Waals surface area contributed by atoms with Gasteiger partial charge in [0, 0.05) is 33.7 Å². The van der Waals surface area contributed by atoms with Crippen molar-refractivity contribution < 1.29 is 27.1 Å². The first-order chi connectivity index (χ1) is 14.6. The molecule has 2 fully saturated rings. The van der Waals surface area contributed by atoms with Crippen molar-refractivity contribution in [3.05, 3.63) is 56.5 Å².